The molecule has 1 amide bonds. The van der Waals surface area contributed by atoms with Crippen LogP contribution in [0.5, 0.6) is 0 Å². The largest absolute Gasteiger partial charge is 0.340 e. The van der Waals surface area contributed by atoms with E-state index in [0.717, 1.165) is 66.8 Å². The first-order valence-corrected chi connectivity index (χ1v) is 9.77. The van der Waals surface area contributed by atoms with Gasteiger partial charge in [-0.15, -0.1) is 12.4 Å². The average molecular weight is 399 g/mol. The lowest BCUT2D eigenvalue weighted by molar-refractivity contribution is -0.134. The van der Waals surface area contributed by atoms with E-state index in [2.05, 4.69) is 18.0 Å². The number of ketones is 1. The van der Waals surface area contributed by atoms with E-state index in [9.17, 15) is 9.59 Å². The number of rotatable bonds is 2. The van der Waals surface area contributed by atoms with Gasteiger partial charge in [0.25, 0.3) is 0 Å². The zero-order valence-corrected chi connectivity index (χ0v) is 17.3. The normalized spacial score (nSPS) is 17.8. The predicted molar refractivity (Wildman–Crippen MR) is 113 cm³/mol. The van der Waals surface area contributed by atoms with Gasteiger partial charge in [-0.3, -0.25) is 9.59 Å². The minimum absolute atomic E-state index is 0. The minimum atomic E-state index is -0.181. The molecule has 0 aromatic heterocycles. The first kappa shape index (κ1) is 20.6. The van der Waals surface area contributed by atoms with Crippen LogP contribution < -0.4 is 0 Å². The Bertz CT molecular complexity index is 888. The van der Waals surface area contributed by atoms with Crippen LogP contribution in [0.3, 0.4) is 0 Å². The standard InChI is InChI=1S/C23H26N2O2.ClH/c1-16(23(27)25-13-11-24(2)12-14-25)18-9-10-21-19(15-18)8-7-17-5-3-4-6-20(17)22(21)26;/h3-6,9-10,15-16H,7-8,11-14H2,1-2H3;1H. The number of amides is 1. The molecule has 28 heavy (non-hydrogen) atoms. The van der Waals surface area contributed by atoms with Gasteiger partial charge in [0.15, 0.2) is 5.78 Å². The zero-order chi connectivity index (χ0) is 19.0. The number of nitrogens with zero attached hydrogens (tertiary/aromatic N) is 2. The van der Waals surface area contributed by atoms with Gasteiger partial charge in [0.2, 0.25) is 5.91 Å². The maximum atomic E-state index is 12.9. The highest BCUT2D eigenvalue weighted by atomic mass is 35.5. The molecule has 1 atom stereocenters. The monoisotopic (exact) mass is 398 g/mol. The molecule has 1 unspecified atom stereocenters. The van der Waals surface area contributed by atoms with Gasteiger partial charge in [0.1, 0.15) is 0 Å². The molecule has 2 aliphatic rings. The molecule has 1 aliphatic heterocycles. The van der Waals surface area contributed by atoms with E-state index in [-0.39, 0.29) is 30.0 Å². The number of aryl methyl sites for hydroxylation is 2. The summed E-state index contributed by atoms with van der Waals surface area (Å²) in [6.45, 7) is 5.41. The van der Waals surface area contributed by atoms with Crippen molar-refractivity contribution in [3.8, 4) is 0 Å². The Morgan fingerprint density at radius 3 is 2.32 bits per heavy atom. The Morgan fingerprint density at radius 1 is 0.929 bits per heavy atom. The summed E-state index contributed by atoms with van der Waals surface area (Å²) < 4.78 is 0. The molecule has 148 valence electrons. The van der Waals surface area contributed by atoms with Crippen molar-refractivity contribution in [1.29, 1.82) is 0 Å². The van der Waals surface area contributed by atoms with Gasteiger partial charge in [-0.1, -0.05) is 42.5 Å². The van der Waals surface area contributed by atoms with E-state index >= 15 is 0 Å². The molecule has 0 radical (unpaired) electrons. The van der Waals surface area contributed by atoms with Crippen LogP contribution in [0, 0.1) is 0 Å². The van der Waals surface area contributed by atoms with E-state index in [1.165, 1.54) is 0 Å². The molecule has 4 nitrogen and oxygen atoms in total. The summed E-state index contributed by atoms with van der Waals surface area (Å²) in [6, 6.07) is 13.8. The Kier molecular flexibility index (Phi) is 6.21. The summed E-state index contributed by atoms with van der Waals surface area (Å²) in [6.07, 6.45) is 1.69. The van der Waals surface area contributed by atoms with Crippen molar-refractivity contribution >= 4 is 24.1 Å². The highest BCUT2D eigenvalue weighted by Gasteiger charge is 2.26. The van der Waals surface area contributed by atoms with Crippen LogP contribution in [0.2, 0.25) is 0 Å². The first-order valence-electron chi connectivity index (χ1n) is 9.77. The molecular weight excluding hydrogens is 372 g/mol. The fourth-order valence-electron chi connectivity index (χ4n) is 4.13. The van der Waals surface area contributed by atoms with Gasteiger partial charge >= 0.3 is 0 Å². The van der Waals surface area contributed by atoms with Crippen LogP contribution in [0.25, 0.3) is 0 Å². The van der Waals surface area contributed by atoms with E-state index in [0.29, 0.717) is 0 Å². The molecule has 1 fully saturated rings. The van der Waals surface area contributed by atoms with Gasteiger partial charge in [0.05, 0.1) is 5.92 Å². The van der Waals surface area contributed by atoms with E-state index in [1.54, 1.807) is 0 Å². The number of carbonyl (C=O) groups is 2. The molecule has 1 saturated heterocycles. The smallest absolute Gasteiger partial charge is 0.229 e. The van der Waals surface area contributed by atoms with Crippen LogP contribution in [0.1, 0.15) is 45.5 Å². The summed E-state index contributed by atoms with van der Waals surface area (Å²) in [5, 5.41) is 0. The average Bonchev–Trinajstić information content (AvgIpc) is 2.84. The number of likely N-dealkylation sites (N-methyl/N-ethyl adjacent to an activating group) is 1. The molecule has 5 heteroatoms. The number of fused-ring (bicyclic) bond motifs is 2. The van der Waals surface area contributed by atoms with Crippen molar-refractivity contribution in [1.82, 2.24) is 9.80 Å². The number of piperazine rings is 1. The van der Waals surface area contributed by atoms with Crippen molar-refractivity contribution in [2.45, 2.75) is 25.7 Å². The second-order valence-corrected chi connectivity index (χ2v) is 7.75. The third-order valence-corrected chi connectivity index (χ3v) is 5.98. The van der Waals surface area contributed by atoms with Crippen LogP contribution >= 0.6 is 12.4 Å². The molecule has 0 spiro atoms. The summed E-state index contributed by atoms with van der Waals surface area (Å²) in [5.41, 5.74) is 4.78. The second kappa shape index (κ2) is 8.46. The first-order chi connectivity index (χ1) is 13.0. The Labute approximate surface area is 172 Å². The molecule has 0 N–H and O–H groups in total. The molecule has 2 aromatic rings. The third kappa shape index (κ3) is 3.85. The molecule has 1 heterocycles. The molecule has 0 bridgehead atoms. The fraction of sp³-hybridized carbons (Fsp3) is 0.391. The van der Waals surface area contributed by atoms with E-state index in [1.807, 2.05) is 48.2 Å². The Hall–Kier alpha value is -2.17. The highest BCUT2D eigenvalue weighted by Crippen LogP contribution is 2.28. The van der Waals surface area contributed by atoms with Crippen molar-refractivity contribution < 1.29 is 9.59 Å². The van der Waals surface area contributed by atoms with Crippen LogP contribution in [0.4, 0.5) is 0 Å². The molecule has 1 aliphatic carbocycles. The molecule has 4 rings (SSSR count). The number of carbonyl (C=O) groups excluding carboxylic acids is 2. The molecular formula is C23H27ClN2O2. The second-order valence-electron chi connectivity index (χ2n) is 7.75. The highest BCUT2D eigenvalue weighted by molar-refractivity contribution is 6.11. The van der Waals surface area contributed by atoms with Crippen molar-refractivity contribution in [3.05, 3.63) is 70.3 Å². The van der Waals surface area contributed by atoms with Crippen LogP contribution in [-0.4, -0.2) is 54.7 Å². The summed E-state index contributed by atoms with van der Waals surface area (Å²) >= 11 is 0. The number of benzene rings is 2. The lowest BCUT2D eigenvalue weighted by Gasteiger charge is -2.34. The predicted octanol–water partition coefficient (Wildman–Crippen LogP) is 3.32. The Morgan fingerprint density at radius 2 is 1.57 bits per heavy atom. The van der Waals surface area contributed by atoms with Gasteiger partial charge in [-0.2, -0.15) is 0 Å². The third-order valence-electron chi connectivity index (χ3n) is 5.98. The Balaban J connectivity index is 0.00000225. The molecule has 2 aromatic carbocycles. The van der Waals surface area contributed by atoms with Crippen LogP contribution in [0.15, 0.2) is 42.5 Å². The van der Waals surface area contributed by atoms with Crippen molar-refractivity contribution in [2.24, 2.45) is 0 Å². The zero-order valence-electron chi connectivity index (χ0n) is 16.5. The number of halogens is 1. The van der Waals surface area contributed by atoms with Crippen LogP contribution in [-0.2, 0) is 17.6 Å². The quantitative estimate of drug-likeness (QED) is 0.779. The van der Waals surface area contributed by atoms with E-state index < -0.39 is 0 Å². The van der Waals surface area contributed by atoms with Crippen molar-refractivity contribution in [3.63, 3.8) is 0 Å². The number of hydrogen-bond acceptors (Lipinski definition) is 3. The van der Waals surface area contributed by atoms with Gasteiger partial charge in [0, 0.05) is 37.3 Å². The van der Waals surface area contributed by atoms with Gasteiger partial charge in [-0.25, -0.2) is 0 Å². The topological polar surface area (TPSA) is 40.6 Å². The fourth-order valence-corrected chi connectivity index (χ4v) is 4.13. The van der Waals surface area contributed by atoms with Gasteiger partial charge < -0.3 is 9.80 Å². The summed E-state index contributed by atoms with van der Waals surface area (Å²) in [4.78, 5) is 30.1. The van der Waals surface area contributed by atoms with Gasteiger partial charge in [-0.05, 0) is 43.5 Å². The summed E-state index contributed by atoms with van der Waals surface area (Å²) in [7, 11) is 2.09. The SMILES string of the molecule is CC(C(=O)N1CCN(C)CC1)c1ccc2c(c1)CCc1ccccc1C2=O.Cl. The minimum Gasteiger partial charge on any atom is -0.340 e. The summed E-state index contributed by atoms with van der Waals surface area (Å²) in [5.74, 6) is 0.105. The lowest BCUT2D eigenvalue weighted by Crippen LogP contribution is -2.48. The maximum absolute atomic E-state index is 12.9. The van der Waals surface area contributed by atoms with Crippen molar-refractivity contribution in [2.75, 3.05) is 33.2 Å². The van der Waals surface area contributed by atoms with E-state index in [4.69, 9.17) is 0 Å². The number of hydrogen-bond donors (Lipinski definition) is 0. The molecule has 0 saturated carbocycles. The lowest BCUT2D eigenvalue weighted by atomic mass is 9.92. The maximum Gasteiger partial charge on any atom is 0.229 e.